The van der Waals surface area contributed by atoms with Crippen LogP contribution in [-0.2, 0) is 4.79 Å². The Morgan fingerprint density at radius 2 is 1.81 bits per heavy atom. The van der Waals surface area contributed by atoms with Crippen LogP contribution in [0.4, 0.5) is 0 Å². The fraction of sp³-hybridized carbons (Fsp3) is 0.917. The van der Waals surface area contributed by atoms with E-state index in [4.69, 9.17) is 5.73 Å². The molecule has 2 N–H and O–H groups in total. The minimum Gasteiger partial charge on any atom is -0.369 e. The summed E-state index contributed by atoms with van der Waals surface area (Å²) >= 11 is 7.50. The van der Waals surface area contributed by atoms with E-state index < -0.39 is 0 Å². The highest BCUT2D eigenvalue weighted by atomic mass is 79.9. The van der Waals surface area contributed by atoms with Gasteiger partial charge in [0.15, 0.2) is 0 Å². The summed E-state index contributed by atoms with van der Waals surface area (Å²) in [5.74, 6) is 1.43. The molecule has 0 aromatic heterocycles. The molecule has 0 radical (unpaired) electrons. The molecule has 0 spiro atoms. The molecular weight excluding hydrogens is 334 g/mol. The van der Waals surface area contributed by atoms with Gasteiger partial charge in [0.25, 0.3) is 0 Å². The summed E-state index contributed by atoms with van der Waals surface area (Å²) in [6, 6.07) is 0. The molecule has 0 aromatic carbocycles. The van der Waals surface area contributed by atoms with Crippen LogP contribution in [0.3, 0.4) is 0 Å². The summed E-state index contributed by atoms with van der Waals surface area (Å²) in [5.41, 5.74) is 5.64. The number of carbonyl (C=O) groups excluding carboxylic acids is 1. The predicted molar refractivity (Wildman–Crippen MR) is 70.7 cm³/mol. The average Bonchev–Trinajstić information content (AvgIpc) is 2.12. The van der Waals surface area contributed by atoms with Crippen molar-refractivity contribution in [2.45, 2.75) is 47.7 Å². The highest BCUT2D eigenvalue weighted by Crippen LogP contribution is 2.66. The van der Waals surface area contributed by atoms with E-state index >= 15 is 0 Å². The van der Waals surface area contributed by atoms with Crippen LogP contribution in [0, 0.1) is 17.3 Å². The van der Waals surface area contributed by atoms with Crippen LogP contribution in [0.15, 0.2) is 0 Å². The van der Waals surface area contributed by atoms with Crippen LogP contribution in [0.1, 0.15) is 38.5 Å². The van der Waals surface area contributed by atoms with Crippen LogP contribution >= 0.6 is 31.9 Å². The van der Waals surface area contributed by atoms with Gasteiger partial charge in [-0.1, -0.05) is 31.9 Å². The van der Waals surface area contributed by atoms with Crippen LogP contribution in [0.5, 0.6) is 0 Å². The van der Waals surface area contributed by atoms with E-state index in [0.717, 1.165) is 18.3 Å². The number of nitrogens with two attached hydrogens (primary N) is 1. The number of hydrogen-bond donors (Lipinski definition) is 1. The largest absolute Gasteiger partial charge is 0.369 e. The molecular formula is C12H17Br2NO. The fourth-order valence-corrected chi connectivity index (χ4v) is 6.83. The molecule has 0 aliphatic heterocycles. The van der Waals surface area contributed by atoms with E-state index in [9.17, 15) is 4.79 Å². The van der Waals surface area contributed by atoms with Gasteiger partial charge in [0, 0.05) is 4.32 Å². The van der Waals surface area contributed by atoms with E-state index in [-0.39, 0.29) is 16.1 Å². The maximum atomic E-state index is 11.5. The molecule has 4 aliphatic rings. The molecule has 16 heavy (non-hydrogen) atoms. The number of amides is 1. The summed E-state index contributed by atoms with van der Waals surface area (Å²) in [6.07, 6.45) is 7.46. The van der Waals surface area contributed by atoms with Gasteiger partial charge in [0.1, 0.15) is 0 Å². The van der Waals surface area contributed by atoms with E-state index in [0.29, 0.717) is 4.32 Å². The third kappa shape index (κ3) is 1.59. The van der Waals surface area contributed by atoms with Gasteiger partial charge in [0.05, 0.1) is 4.83 Å². The number of halogens is 2. The Hall–Kier alpha value is 0.430. The Labute approximate surface area is 113 Å². The van der Waals surface area contributed by atoms with Crippen molar-refractivity contribution < 1.29 is 4.79 Å². The van der Waals surface area contributed by atoms with Crippen LogP contribution < -0.4 is 5.73 Å². The van der Waals surface area contributed by atoms with Crippen molar-refractivity contribution in [1.82, 2.24) is 0 Å². The Morgan fingerprint density at radius 3 is 2.25 bits per heavy atom. The lowest BCUT2D eigenvalue weighted by molar-refractivity contribution is -0.123. The number of carbonyl (C=O) groups is 1. The summed E-state index contributed by atoms with van der Waals surface area (Å²) in [4.78, 5) is 11.3. The third-order valence-electron chi connectivity index (χ3n) is 4.82. The third-order valence-corrected chi connectivity index (χ3v) is 7.17. The monoisotopic (exact) mass is 349 g/mol. The predicted octanol–water partition coefficient (Wildman–Crippen LogP) is 2.97. The van der Waals surface area contributed by atoms with Gasteiger partial charge in [-0.3, -0.25) is 4.79 Å². The van der Waals surface area contributed by atoms with Crippen molar-refractivity contribution in [3.8, 4) is 0 Å². The summed E-state index contributed by atoms with van der Waals surface area (Å²) < 4.78 is 0.304. The Bertz CT molecular complexity index is 330. The van der Waals surface area contributed by atoms with Gasteiger partial charge in [0.2, 0.25) is 5.91 Å². The van der Waals surface area contributed by atoms with E-state index in [1.54, 1.807) is 0 Å². The normalized spacial score (nSPS) is 51.6. The molecule has 4 saturated carbocycles. The number of rotatable bonds is 2. The zero-order valence-electron chi connectivity index (χ0n) is 9.22. The highest BCUT2D eigenvalue weighted by molar-refractivity contribution is 9.10. The van der Waals surface area contributed by atoms with Gasteiger partial charge in [-0.2, -0.15) is 0 Å². The zero-order chi connectivity index (χ0) is 11.6. The molecule has 4 rings (SSSR count). The average molecular weight is 351 g/mol. The molecule has 4 bridgehead atoms. The second-order valence-corrected chi connectivity index (χ2v) is 8.84. The molecule has 4 aliphatic carbocycles. The standard InChI is InChI=1S/C12H17Br2NO/c13-9(10(15)16)11-2-7-1-8(3-11)5-12(14,4-7)6-11/h7-9H,1-6H2,(H2,15,16)/t7-,8-,9+,11?,12?/m1/s1. The summed E-state index contributed by atoms with van der Waals surface area (Å²) in [5, 5.41) is 0. The highest BCUT2D eigenvalue weighted by Gasteiger charge is 2.59. The van der Waals surface area contributed by atoms with Crippen molar-refractivity contribution in [2.75, 3.05) is 0 Å². The van der Waals surface area contributed by atoms with Gasteiger partial charge in [-0.15, -0.1) is 0 Å². The van der Waals surface area contributed by atoms with Crippen LogP contribution in [0.2, 0.25) is 0 Å². The van der Waals surface area contributed by atoms with Crippen molar-refractivity contribution in [1.29, 1.82) is 0 Å². The molecule has 3 atom stereocenters. The van der Waals surface area contributed by atoms with Crippen molar-refractivity contribution in [2.24, 2.45) is 23.0 Å². The molecule has 0 heterocycles. The maximum absolute atomic E-state index is 11.5. The molecule has 0 aromatic rings. The molecule has 90 valence electrons. The first kappa shape index (κ1) is 11.5. The molecule has 4 heteroatoms. The molecule has 1 amide bonds. The second-order valence-electron chi connectivity index (χ2n) is 6.24. The van der Waals surface area contributed by atoms with Crippen LogP contribution in [-0.4, -0.2) is 15.1 Å². The quantitative estimate of drug-likeness (QED) is 0.764. The smallest absolute Gasteiger partial charge is 0.231 e. The number of primary amides is 1. The maximum Gasteiger partial charge on any atom is 0.231 e. The summed E-state index contributed by atoms with van der Waals surface area (Å²) in [6.45, 7) is 0. The van der Waals surface area contributed by atoms with Crippen LogP contribution in [0.25, 0.3) is 0 Å². The fourth-order valence-electron chi connectivity index (χ4n) is 4.82. The number of alkyl halides is 2. The summed E-state index contributed by atoms with van der Waals surface area (Å²) in [7, 11) is 0. The molecule has 4 fully saturated rings. The first-order valence-corrected chi connectivity index (χ1v) is 7.76. The minimum atomic E-state index is -0.182. The van der Waals surface area contributed by atoms with Gasteiger partial charge in [-0.25, -0.2) is 0 Å². The SMILES string of the molecule is NC(=O)[C@H](Br)C12C[C@H]3C[C@@H](CC(Br)(C3)C1)C2. The second kappa shape index (κ2) is 3.47. The van der Waals surface area contributed by atoms with Gasteiger partial charge in [-0.05, 0) is 55.8 Å². The van der Waals surface area contributed by atoms with Crippen molar-refractivity contribution >= 4 is 37.8 Å². The Balaban J connectivity index is 1.94. The van der Waals surface area contributed by atoms with Crippen molar-refractivity contribution in [3.05, 3.63) is 0 Å². The minimum absolute atomic E-state index is 0.136. The van der Waals surface area contributed by atoms with Gasteiger partial charge < -0.3 is 5.73 Å². The lowest BCUT2D eigenvalue weighted by Gasteiger charge is -2.61. The van der Waals surface area contributed by atoms with E-state index in [1.807, 2.05) is 0 Å². The topological polar surface area (TPSA) is 43.1 Å². The molecule has 0 saturated heterocycles. The Kier molecular flexibility index (Phi) is 2.50. The van der Waals surface area contributed by atoms with Gasteiger partial charge >= 0.3 is 0 Å². The molecule has 2 nitrogen and oxygen atoms in total. The Morgan fingerprint density at radius 1 is 1.25 bits per heavy atom. The van der Waals surface area contributed by atoms with E-state index in [2.05, 4.69) is 31.9 Å². The zero-order valence-corrected chi connectivity index (χ0v) is 12.4. The van der Waals surface area contributed by atoms with E-state index in [1.165, 1.54) is 32.1 Å². The lowest BCUT2D eigenvalue weighted by atomic mass is 9.48. The first-order chi connectivity index (χ1) is 7.42. The van der Waals surface area contributed by atoms with Crippen molar-refractivity contribution in [3.63, 3.8) is 0 Å². The first-order valence-electron chi connectivity index (χ1n) is 6.05. The number of hydrogen-bond acceptors (Lipinski definition) is 1. The lowest BCUT2D eigenvalue weighted by Crippen LogP contribution is -2.57. The molecule has 0 unspecified atom stereocenters.